The average molecular weight is 361 g/mol. The van der Waals surface area contributed by atoms with Gasteiger partial charge in [-0.15, -0.1) is 0 Å². The van der Waals surface area contributed by atoms with Crippen LogP contribution in [0.2, 0.25) is 0 Å². The van der Waals surface area contributed by atoms with Crippen LogP contribution in [-0.4, -0.2) is 17.0 Å². The van der Waals surface area contributed by atoms with Crippen LogP contribution in [0.3, 0.4) is 0 Å². The summed E-state index contributed by atoms with van der Waals surface area (Å²) in [6.07, 6.45) is 1.40. The van der Waals surface area contributed by atoms with Gasteiger partial charge < -0.3 is 15.2 Å². The minimum absolute atomic E-state index is 0.00730. The Balaban J connectivity index is 1.70. The highest BCUT2D eigenvalue weighted by Crippen LogP contribution is 2.40. The van der Waals surface area contributed by atoms with Crippen molar-refractivity contribution in [3.8, 4) is 11.1 Å². The Morgan fingerprint density at radius 2 is 1.96 bits per heavy atom. The summed E-state index contributed by atoms with van der Waals surface area (Å²) < 4.78 is 4.73. The van der Waals surface area contributed by atoms with Gasteiger partial charge in [0.15, 0.2) is 5.82 Å². The first-order valence-electron chi connectivity index (χ1n) is 8.65. The summed E-state index contributed by atoms with van der Waals surface area (Å²) in [6, 6.07) is 13.0. The first-order valence-corrected chi connectivity index (χ1v) is 8.65. The lowest BCUT2D eigenvalue weighted by atomic mass is 9.85. The molecule has 1 aliphatic heterocycles. The number of benzene rings is 2. The van der Waals surface area contributed by atoms with E-state index in [0.717, 1.165) is 27.9 Å². The van der Waals surface area contributed by atoms with Gasteiger partial charge in [-0.05, 0) is 61.2 Å². The Bertz CT molecular complexity index is 1050. The van der Waals surface area contributed by atoms with Crippen molar-refractivity contribution in [3.63, 3.8) is 0 Å². The molecule has 0 saturated heterocycles. The molecule has 0 fully saturated rings. The van der Waals surface area contributed by atoms with E-state index in [1.165, 1.54) is 6.26 Å². The second-order valence-electron chi connectivity index (χ2n) is 7.21. The van der Waals surface area contributed by atoms with E-state index in [1.54, 1.807) is 12.1 Å². The van der Waals surface area contributed by atoms with Crippen LogP contribution in [0, 0.1) is 6.92 Å². The molecule has 0 unspecified atom stereocenters. The molecule has 0 radical (unpaired) electrons. The molecule has 6 heteroatoms. The van der Waals surface area contributed by atoms with E-state index in [1.807, 2.05) is 51.1 Å². The third-order valence-corrected chi connectivity index (χ3v) is 5.00. The van der Waals surface area contributed by atoms with E-state index < -0.39 is 5.41 Å². The number of nitrogens with one attached hydrogen (secondary N) is 2. The predicted molar refractivity (Wildman–Crippen MR) is 103 cm³/mol. The van der Waals surface area contributed by atoms with Gasteiger partial charge in [-0.2, -0.15) is 0 Å². The second kappa shape index (κ2) is 6.09. The van der Waals surface area contributed by atoms with Gasteiger partial charge in [0.1, 0.15) is 6.26 Å². The zero-order chi connectivity index (χ0) is 19.2. The number of fused-ring (bicyclic) bond motifs is 1. The highest BCUT2D eigenvalue weighted by atomic mass is 16.5. The van der Waals surface area contributed by atoms with Crippen LogP contribution in [0.5, 0.6) is 0 Å². The zero-order valence-electron chi connectivity index (χ0n) is 15.3. The maximum absolute atomic E-state index is 12.5. The zero-order valence-corrected chi connectivity index (χ0v) is 15.3. The maximum atomic E-state index is 12.5. The lowest BCUT2D eigenvalue weighted by molar-refractivity contribution is -0.119. The maximum Gasteiger partial charge on any atom is 0.256 e. The van der Waals surface area contributed by atoms with E-state index >= 15 is 0 Å². The van der Waals surface area contributed by atoms with Crippen LogP contribution in [0.25, 0.3) is 11.1 Å². The smallest absolute Gasteiger partial charge is 0.256 e. The number of hydrogen-bond donors (Lipinski definition) is 2. The molecule has 27 heavy (non-hydrogen) atoms. The molecule has 0 atom stereocenters. The normalized spacial score (nSPS) is 14.6. The largest absolute Gasteiger partial charge is 0.363 e. The number of nitrogens with zero attached hydrogens (tertiary/aromatic N) is 1. The molecular weight excluding hydrogens is 342 g/mol. The van der Waals surface area contributed by atoms with Gasteiger partial charge >= 0.3 is 0 Å². The van der Waals surface area contributed by atoms with Crippen LogP contribution in [0.4, 0.5) is 11.5 Å². The molecule has 0 spiro atoms. The summed E-state index contributed by atoms with van der Waals surface area (Å²) in [5, 5.41) is 9.33. The molecule has 0 saturated carbocycles. The molecule has 2 heterocycles. The number of aryl methyl sites for hydroxylation is 1. The van der Waals surface area contributed by atoms with Crippen molar-refractivity contribution in [2.24, 2.45) is 0 Å². The monoisotopic (exact) mass is 361 g/mol. The van der Waals surface area contributed by atoms with E-state index in [-0.39, 0.29) is 11.8 Å². The average Bonchev–Trinajstić information content (AvgIpc) is 3.21. The van der Waals surface area contributed by atoms with Crippen molar-refractivity contribution >= 4 is 23.3 Å². The molecule has 1 aromatic heterocycles. The quantitative estimate of drug-likeness (QED) is 0.734. The van der Waals surface area contributed by atoms with Gasteiger partial charge in [-0.1, -0.05) is 23.4 Å². The molecule has 3 aromatic rings. The van der Waals surface area contributed by atoms with Crippen molar-refractivity contribution < 1.29 is 14.1 Å². The summed E-state index contributed by atoms with van der Waals surface area (Å²) in [4.78, 5) is 24.7. The SMILES string of the molecule is Cc1ccc(C(=O)Nc2ccon2)cc1-c1ccc2c(c1)NC(=O)C2(C)C. The van der Waals surface area contributed by atoms with Crippen molar-refractivity contribution in [3.05, 3.63) is 65.4 Å². The Kier molecular flexibility index (Phi) is 3.84. The Labute approximate surface area is 156 Å². The Hall–Kier alpha value is -3.41. The van der Waals surface area contributed by atoms with E-state index in [9.17, 15) is 9.59 Å². The number of rotatable bonds is 3. The standard InChI is InChI=1S/C21H19N3O3/c1-12-4-5-14(19(25)23-18-8-9-27-24-18)10-15(12)13-6-7-16-17(11-13)22-20(26)21(16,2)3/h4-11H,1-3H3,(H,22,26)(H,23,24,25). The lowest BCUT2D eigenvalue weighted by Gasteiger charge is -2.15. The summed E-state index contributed by atoms with van der Waals surface area (Å²) >= 11 is 0. The minimum atomic E-state index is -0.539. The fourth-order valence-electron chi connectivity index (χ4n) is 3.30. The van der Waals surface area contributed by atoms with Crippen LogP contribution in [0.15, 0.2) is 53.3 Å². The second-order valence-corrected chi connectivity index (χ2v) is 7.21. The van der Waals surface area contributed by atoms with Crippen molar-refractivity contribution in [2.45, 2.75) is 26.2 Å². The molecule has 2 N–H and O–H groups in total. The molecule has 4 rings (SSSR count). The van der Waals surface area contributed by atoms with E-state index in [4.69, 9.17) is 4.52 Å². The van der Waals surface area contributed by atoms with Crippen LogP contribution in [0.1, 0.15) is 35.3 Å². The third kappa shape index (κ3) is 2.89. The van der Waals surface area contributed by atoms with Crippen molar-refractivity contribution in [2.75, 3.05) is 10.6 Å². The lowest BCUT2D eigenvalue weighted by Crippen LogP contribution is -2.26. The summed E-state index contributed by atoms with van der Waals surface area (Å²) in [7, 11) is 0. The predicted octanol–water partition coefficient (Wildman–Crippen LogP) is 4.13. The van der Waals surface area contributed by atoms with Gasteiger partial charge in [-0.3, -0.25) is 9.59 Å². The highest BCUT2D eigenvalue weighted by molar-refractivity contribution is 6.07. The Morgan fingerprint density at radius 3 is 2.70 bits per heavy atom. The Morgan fingerprint density at radius 1 is 1.15 bits per heavy atom. The number of carbonyl (C=O) groups excluding carboxylic acids is 2. The van der Waals surface area contributed by atoms with Gasteiger partial charge in [0.05, 0.1) is 5.41 Å². The molecule has 0 bridgehead atoms. The summed E-state index contributed by atoms with van der Waals surface area (Å²) in [5.41, 5.74) is 4.69. The minimum Gasteiger partial charge on any atom is -0.363 e. The van der Waals surface area contributed by atoms with E-state index in [0.29, 0.717) is 11.4 Å². The van der Waals surface area contributed by atoms with Crippen molar-refractivity contribution in [1.29, 1.82) is 0 Å². The molecule has 0 aliphatic carbocycles. The van der Waals surface area contributed by atoms with Crippen LogP contribution >= 0.6 is 0 Å². The fourth-order valence-corrected chi connectivity index (χ4v) is 3.30. The molecule has 6 nitrogen and oxygen atoms in total. The van der Waals surface area contributed by atoms with E-state index in [2.05, 4.69) is 15.8 Å². The molecule has 2 aromatic carbocycles. The number of carbonyl (C=O) groups is 2. The van der Waals surface area contributed by atoms with Crippen molar-refractivity contribution in [1.82, 2.24) is 5.16 Å². The first kappa shape index (κ1) is 17.0. The third-order valence-electron chi connectivity index (χ3n) is 5.00. The molecule has 136 valence electrons. The van der Waals surface area contributed by atoms with Crippen LogP contribution in [-0.2, 0) is 10.2 Å². The van der Waals surface area contributed by atoms with Gasteiger partial charge in [-0.25, -0.2) is 0 Å². The van der Waals surface area contributed by atoms with Gasteiger partial charge in [0, 0.05) is 17.3 Å². The number of anilines is 2. The van der Waals surface area contributed by atoms with Crippen LogP contribution < -0.4 is 10.6 Å². The number of hydrogen-bond acceptors (Lipinski definition) is 4. The number of aromatic nitrogens is 1. The first-order chi connectivity index (χ1) is 12.9. The number of amides is 2. The topological polar surface area (TPSA) is 84.2 Å². The summed E-state index contributed by atoms with van der Waals surface area (Å²) in [6.45, 7) is 5.81. The molecule has 2 amide bonds. The molecular formula is C21H19N3O3. The summed E-state index contributed by atoms with van der Waals surface area (Å²) in [5.74, 6) is 0.0949. The van der Waals surface area contributed by atoms with Gasteiger partial charge in [0.25, 0.3) is 5.91 Å². The fraction of sp³-hybridized carbons (Fsp3) is 0.190. The molecule has 1 aliphatic rings. The highest BCUT2D eigenvalue weighted by Gasteiger charge is 2.38. The van der Waals surface area contributed by atoms with Gasteiger partial charge in [0.2, 0.25) is 5.91 Å².